The minimum atomic E-state index is -4.39. The Kier molecular flexibility index (Phi) is 4.87. The topological polar surface area (TPSA) is 78.6 Å². The van der Waals surface area contributed by atoms with Gasteiger partial charge in [-0.2, -0.15) is 13.2 Å². The van der Waals surface area contributed by atoms with Crippen molar-refractivity contribution in [2.45, 2.75) is 18.6 Å². The van der Waals surface area contributed by atoms with E-state index in [0.29, 0.717) is 26.2 Å². The molecule has 1 atom stereocenters. The molecule has 2 N–H and O–H groups in total. The van der Waals surface area contributed by atoms with Crippen molar-refractivity contribution in [3.63, 3.8) is 0 Å². The van der Waals surface area contributed by atoms with Gasteiger partial charge in [0.05, 0.1) is 11.3 Å². The number of phenols is 1. The largest absolute Gasteiger partial charge is 0.502 e. The predicted octanol–water partition coefficient (Wildman–Crippen LogP) is 2.20. The van der Waals surface area contributed by atoms with Crippen molar-refractivity contribution in [2.75, 3.05) is 26.2 Å². The molecule has 1 aliphatic rings. The molecule has 0 bridgehead atoms. The molecular formula is C13H16F3N3O3. The number of nitro groups is 1. The van der Waals surface area contributed by atoms with E-state index in [4.69, 9.17) is 0 Å². The summed E-state index contributed by atoms with van der Waals surface area (Å²) in [7, 11) is 0. The maximum atomic E-state index is 12.9. The summed E-state index contributed by atoms with van der Waals surface area (Å²) >= 11 is 0. The molecule has 0 aromatic heterocycles. The number of rotatable bonds is 4. The van der Waals surface area contributed by atoms with Gasteiger partial charge in [0.15, 0.2) is 5.75 Å². The Morgan fingerprint density at radius 2 is 2.00 bits per heavy atom. The number of hydrogen-bond donors (Lipinski definition) is 2. The van der Waals surface area contributed by atoms with Crippen LogP contribution in [0, 0.1) is 10.1 Å². The number of halogens is 3. The lowest BCUT2D eigenvalue weighted by Crippen LogP contribution is -2.46. The first-order valence-corrected chi connectivity index (χ1v) is 6.77. The van der Waals surface area contributed by atoms with Gasteiger partial charge in [-0.1, -0.05) is 6.07 Å². The van der Waals surface area contributed by atoms with E-state index in [1.54, 1.807) is 4.90 Å². The molecule has 1 aliphatic heterocycles. The summed E-state index contributed by atoms with van der Waals surface area (Å²) < 4.78 is 38.6. The third kappa shape index (κ3) is 4.08. The molecule has 1 aromatic carbocycles. The van der Waals surface area contributed by atoms with E-state index in [9.17, 15) is 28.4 Å². The van der Waals surface area contributed by atoms with Gasteiger partial charge in [0.1, 0.15) is 0 Å². The number of phenolic OH excluding ortho intramolecular Hbond substituents is 1. The molecule has 0 saturated carbocycles. The SMILES string of the molecule is O=[N+]([O-])c1cc([C@@H](CC(F)(F)F)N2CCNCC2)ccc1O. The maximum Gasteiger partial charge on any atom is 0.390 e. The van der Waals surface area contributed by atoms with Crippen LogP contribution >= 0.6 is 0 Å². The average molecular weight is 319 g/mol. The van der Waals surface area contributed by atoms with Crippen LogP contribution in [0.25, 0.3) is 0 Å². The molecule has 0 radical (unpaired) electrons. The van der Waals surface area contributed by atoms with Crippen molar-refractivity contribution in [2.24, 2.45) is 0 Å². The van der Waals surface area contributed by atoms with Crippen LogP contribution in [0.5, 0.6) is 5.75 Å². The number of nitro benzene ring substituents is 1. The van der Waals surface area contributed by atoms with Gasteiger partial charge in [0.2, 0.25) is 0 Å². The molecular weight excluding hydrogens is 303 g/mol. The van der Waals surface area contributed by atoms with E-state index in [2.05, 4.69) is 5.32 Å². The number of benzene rings is 1. The summed E-state index contributed by atoms with van der Waals surface area (Å²) in [5.41, 5.74) is -0.400. The molecule has 9 heteroatoms. The van der Waals surface area contributed by atoms with Crippen LogP contribution in [0.2, 0.25) is 0 Å². The van der Waals surface area contributed by atoms with Crippen molar-refractivity contribution in [1.82, 2.24) is 10.2 Å². The van der Waals surface area contributed by atoms with Crippen molar-refractivity contribution in [1.29, 1.82) is 0 Å². The van der Waals surface area contributed by atoms with E-state index in [1.807, 2.05) is 0 Å². The number of hydrogen-bond acceptors (Lipinski definition) is 5. The summed E-state index contributed by atoms with van der Waals surface area (Å²) in [5.74, 6) is -0.556. The lowest BCUT2D eigenvalue weighted by molar-refractivity contribution is -0.386. The van der Waals surface area contributed by atoms with Crippen molar-refractivity contribution < 1.29 is 23.2 Å². The van der Waals surface area contributed by atoms with Gasteiger partial charge in [-0.3, -0.25) is 15.0 Å². The van der Waals surface area contributed by atoms with E-state index in [-0.39, 0.29) is 5.56 Å². The average Bonchev–Trinajstić information content (AvgIpc) is 2.45. The molecule has 0 spiro atoms. The summed E-state index contributed by atoms with van der Waals surface area (Å²) in [6.07, 6.45) is -5.48. The second-order valence-electron chi connectivity index (χ2n) is 5.13. The highest BCUT2D eigenvalue weighted by Crippen LogP contribution is 2.37. The molecule has 0 amide bonds. The Labute approximate surface area is 124 Å². The first-order chi connectivity index (χ1) is 10.3. The van der Waals surface area contributed by atoms with E-state index >= 15 is 0 Å². The molecule has 1 heterocycles. The second-order valence-corrected chi connectivity index (χ2v) is 5.13. The van der Waals surface area contributed by atoms with Crippen molar-refractivity contribution >= 4 is 5.69 Å². The van der Waals surface area contributed by atoms with Gasteiger partial charge in [0.25, 0.3) is 0 Å². The van der Waals surface area contributed by atoms with E-state index in [1.165, 1.54) is 6.07 Å². The van der Waals surface area contributed by atoms with Crippen LogP contribution in [0.3, 0.4) is 0 Å². The third-order valence-corrected chi connectivity index (χ3v) is 3.60. The summed E-state index contributed by atoms with van der Waals surface area (Å²) in [6.45, 7) is 1.98. The van der Waals surface area contributed by atoms with Crippen LogP contribution in [0.4, 0.5) is 18.9 Å². The molecule has 22 heavy (non-hydrogen) atoms. The summed E-state index contributed by atoms with van der Waals surface area (Å²) in [6, 6.07) is 2.40. The van der Waals surface area contributed by atoms with Crippen molar-refractivity contribution in [3.8, 4) is 5.75 Å². The highest BCUT2D eigenvalue weighted by atomic mass is 19.4. The Balaban J connectivity index is 2.35. The molecule has 0 unspecified atom stereocenters. The minimum absolute atomic E-state index is 0.184. The number of nitrogens with one attached hydrogen (secondary N) is 1. The summed E-state index contributed by atoms with van der Waals surface area (Å²) in [5, 5.41) is 23.4. The van der Waals surface area contributed by atoms with Gasteiger partial charge in [0, 0.05) is 38.3 Å². The molecule has 0 aliphatic carbocycles. The smallest absolute Gasteiger partial charge is 0.390 e. The zero-order valence-electron chi connectivity index (χ0n) is 11.6. The fourth-order valence-corrected chi connectivity index (χ4v) is 2.56. The molecule has 2 rings (SSSR count). The van der Waals surface area contributed by atoms with Crippen LogP contribution in [0.15, 0.2) is 18.2 Å². The lowest BCUT2D eigenvalue weighted by Gasteiger charge is -2.35. The number of alkyl halides is 3. The highest BCUT2D eigenvalue weighted by Gasteiger charge is 2.36. The fraction of sp³-hybridized carbons (Fsp3) is 0.538. The summed E-state index contributed by atoms with van der Waals surface area (Å²) in [4.78, 5) is 11.7. The van der Waals surface area contributed by atoms with Crippen molar-refractivity contribution in [3.05, 3.63) is 33.9 Å². The third-order valence-electron chi connectivity index (χ3n) is 3.60. The predicted molar refractivity (Wildman–Crippen MR) is 72.6 cm³/mol. The normalized spacial score (nSPS) is 18.1. The number of nitrogens with zero attached hydrogens (tertiary/aromatic N) is 2. The van der Waals surface area contributed by atoms with Gasteiger partial charge >= 0.3 is 11.9 Å². The van der Waals surface area contributed by atoms with E-state index in [0.717, 1.165) is 12.1 Å². The lowest BCUT2D eigenvalue weighted by atomic mass is 10.00. The van der Waals surface area contributed by atoms with Gasteiger partial charge in [-0.15, -0.1) is 0 Å². The fourth-order valence-electron chi connectivity index (χ4n) is 2.56. The first-order valence-electron chi connectivity index (χ1n) is 6.77. The van der Waals surface area contributed by atoms with Gasteiger partial charge < -0.3 is 10.4 Å². The standard InChI is InChI=1S/C13H16F3N3O3/c14-13(15,16)8-11(18-5-3-17-4-6-18)9-1-2-12(20)10(7-9)19(21)22/h1-2,7,11,17,20H,3-6,8H2/t11-/m1/s1. The maximum absolute atomic E-state index is 12.9. The number of aromatic hydroxyl groups is 1. The Bertz CT molecular complexity index is 545. The molecule has 122 valence electrons. The van der Waals surface area contributed by atoms with Crippen LogP contribution in [-0.2, 0) is 0 Å². The quantitative estimate of drug-likeness (QED) is 0.657. The highest BCUT2D eigenvalue weighted by molar-refractivity contribution is 5.48. The Morgan fingerprint density at radius 3 is 2.55 bits per heavy atom. The minimum Gasteiger partial charge on any atom is -0.502 e. The monoisotopic (exact) mass is 319 g/mol. The second kappa shape index (κ2) is 6.49. The van der Waals surface area contributed by atoms with Gasteiger partial charge in [-0.05, 0) is 11.6 Å². The van der Waals surface area contributed by atoms with Crippen LogP contribution in [0.1, 0.15) is 18.0 Å². The molecule has 1 aromatic rings. The first kappa shape index (κ1) is 16.5. The molecule has 6 nitrogen and oxygen atoms in total. The van der Waals surface area contributed by atoms with Gasteiger partial charge in [-0.25, -0.2) is 0 Å². The van der Waals surface area contributed by atoms with Crippen LogP contribution in [-0.4, -0.2) is 47.3 Å². The Morgan fingerprint density at radius 1 is 1.36 bits per heavy atom. The number of piperazine rings is 1. The zero-order valence-corrected chi connectivity index (χ0v) is 11.6. The molecule has 1 fully saturated rings. The zero-order chi connectivity index (χ0) is 16.3. The van der Waals surface area contributed by atoms with E-state index < -0.39 is 35.0 Å². The molecule has 1 saturated heterocycles. The van der Waals surface area contributed by atoms with Crippen LogP contribution < -0.4 is 5.32 Å². The Hall–Kier alpha value is -1.87.